The van der Waals surface area contributed by atoms with Crippen LogP contribution in [0.3, 0.4) is 0 Å². The van der Waals surface area contributed by atoms with Crippen molar-refractivity contribution in [3.63, 3.8) is 0 Å². The van der Waals surface area contributed by atoms with Gasteiger partial charge in [0, 0.05) is 11.3 Å². The lowest BCUT2D eigenvalue weighted by Crippen LogP contribution is -3.16. The van der Waals surface area contributed by atoms with Gasteiger partial charge in [-0.15, -0.1) is 0 Å². The number of hydrogen-bond donors (Lipinski definition) is 2. The molecule has 2 saturated heterocycles. The normalized spacial score (nSPS) is 18.6. The highest BCUT2D eigenvalue weighted by Crippen LogP contribution is 2.14. The fraction of sp³-hybridized carbons (Fsp3) is 0.435. The smallest absolute Gasteiger partial charge is 0.278 e. The summed E-state index contributed by atoms with van der Waals surface area (Å²) in [6, 6.07) is 13.5. The van der Waals surface area contributed by atoms with Crippen molar-refractivity contribution in [1.29, 1.82) is 0 Å². The summed E-state index contributed by atoms with van der Waals surface area (Å²) in [4.78, 5) is 19.6. The van der Waals surface area contributed by atoms with Crippen molar-refractivity contribution < 1.29 is 23.4 Å². The van der Waals surface area contributed by atoms with E-state index >= 15 is 0 Å². The van der Waals surface area contributed by atoms with E-state index in [0.29, 0.717) is 13.1 Å². The van der Waals surface area contributed by atoms with Gasteiger partial charge in [0.15, 0.2) is 6.54 Å². The monoisotopic (exact) mass is 416 g/mol. The van der Waals surface area contributed by atoms with Crippen molar-refractivity contribution in [2.24, 2.45) is 0 Å². The van der Waals surface area contributed by atoms with E-state index in [4.69, 9.17) is 0 Å². The summed E-state index contributed by atoms with van der Waals surface area (Å²) in [5.74, 6) is -0.151. The predicted octanol–water partition coefficient (Wildman–Crippen LogP) is -0.403. The molecule has 30 heavy (non-hydrogen) atoms. The van der Waals surface area contributed by atoms with Gasteiger partial charge in [-0.2, -0.15) is 0 Å². The Balaban J connectivity index is 1.20. The molecule has 0 radical (unpaired) electrons. The molecule has 4 rings (SSSR count). The molecule has 2 aromatic rings. The number of hydrogen-bond acceptors (Lipinski definition) is 2. The van der Waals surface area contributed by atoms with Gasteiger partial charge in [-0.05, 0) is 30.3 Å². The highest BCUT2D eigenvalue weighted by molar-refractivity contribution is 5.77. The summed E-state index contributed by atoms with van der Waals surface area (Å²) in [6.07, 6.45) is 0. The number of benzene rings is 2. The third-order valence-corrected chi connectivity index (χ3v) is 6.29. The maximum absolute atomic E-state index is 13.9. The molecular formula is C23H30F2N4O+2. The van der Waals surface area contributed by atoms with Gasteiger partial charge in [-0.25, -0.2) is 8.78 Å². The van der Waals surface area contributed by atoms with Crippen LogP contribution in [0.2, 0.25) is 0 Å². The van der Waals surface area contributed by atoms with Gasteiger partial charge in [-0.1, -0.05) is 18.2 Å². The summed E-state index contributed by atoms with van der Waals surface area (Å²) in [5.41, 5.74) is 1.78. The highest BCUT2D eigenvalue weighted by atomic mass is 19.1. The van der Waals surface area contributed by atoms with Crippen LogP contribution in [-0.4, -0.2) is 69.7 Å². The third-order valence-electron chi connectivity index (χ3n) is 6.29. The maximum Gasteiger partial charge on any atom is 0.278 e. The number of nitrogens with zero attached hydrogens (tertiary/aromatic N) is 2. The molecule has 0 atom stereocenters. The van der Waals surface area contributed by atoms with Crippen LogP contribution >= 0.6 is 0 Å². The summed E-state index contributed by atoms with van der Waals surface area (Å²) < 4.78 is 27.0. The molecule has 0 unspecified atom stereocenters. The van der Waals surface area contributed by atoms with E-state index < -0.39 is 0 Å². The molecular weight excluding hydrogens is 386 g/mol. The topological polar surface area (TPSA) is 32.4 Å². The van der Waals surface area contributed by atoms with E-state index in [1.807, 2.05) is 29.2 Å². The first kappa shape index (κ1) is 20.8. The molecule has 0 spiro atoms. The minimum Gasteiger partial charge on any atom is -0.360 e. The number of anilines is 1. The van der Waals surface area contributed by atoms with Crippen LogP contribution in [0.15, 0.2) is 48.5 Å². The fourth-order valence-corrected chi connectivity index (χ4v) is 4.40. The lowest BCUT2D eigenvalue weighted by Gasteiger charge is -2.36. The van der Waals surface area contributed by atoms with Crippen LogP contribution in [0, 0.1) is 11.6 Å². The Morgan fingerprint density at radius 2 is 1.47 bits per heavy atom. The van der Waals surface area contributed by atoms with Crippen LogP contribution in [-0.2, 0) is 11.3 Å². The van der Waals surface area contributed by atoms with Crippen LogP contribution in [0.25, 0.3) is 0 Å². The van der Waals surface area contributed by atoms with Crippen LogP contribution in [0.4, 0.5) is 14.5 Å². The second-order valence-electron chi connectivity index (χ2n) is 8.29. The Labute approximate surface area is 176 Å². The molecule has 0 bridgehead atoms. The SMILES string of the molecule is O=C(C[NH+]1CCN(c2ccc(F)cc2)CC1)N1CC[NH+](Cc2ccccc2F)CC1. The van der Waals surface area contributed by atoms with Gasteiger partial charge < -0.3 is 19.6 Å². The second kappa shape index (κ2) is 9.53. The number of rotatable bonds is 5. The number of quaternary nitrogens is 2. The van der Waals surface area contributed by atoms with Gasteiger partial charge in [0.2, 0.25) is 0 Å². The Morgan fingerprint density at radius 3 is 2.13 bits per heavy atom. The minimum atomic E-state index is -0.218. The predicted molar refractivity (Wildman–Crippen MR) is 112 cm³/mol. The van der Waals surface area contributed by atoms with E-state index in [0.717, 1.165) is 63.6 Å². The zero-order valence-corrected chi connectivity index (χ0v) is 17.2. The highest BCUT2D eigenvalue weighted by Gasteiger charge is 2.28. The molecule has 160 valence electrons. The first-order valence-corrected chi connectivity index (χ1v) is 10.8. The minimum absolute atomic E-state index is 0.146. The zero-order chi connectivity index (χ0) is 20.9. The fourth-order valence-electron chi connectivity index (χ4n) is 4.40. The average Bonchev–Trinajstić information content (AvgIpc) is 2.77. The first-order valence-electron chi connectivity index (χ1n) is 10.8. The summed E-state index contributed by atoms with van der Waals surface area (Å²) >= 11 is 0. The van der Waals surface area contributed by atoms with Crippen molar-refractivity contribution in [2.45, 2.75) is 6.54 Å². The molecule has 2 aliphatic rings. The molecule has 2 N–H and O–H groups in total. The summed E-state index contributed by atoms with van der Waals surface area (Å²) in [5, 5.41) is 0. The molecule has 2 aromatic carbocycles. The number of piperazine rings is 2. The average molecular weight is 417 g/mol. The molecule has 0 saturated carbocycles. The first-order chi connectivity index (χ1) is 14.6. The molecule has 7 heteroatoms. The Bertz CT molecular complexity index is 845. The molecule has 2 heterocycles. The number of amides is 1. The summed E-state index contributed by atoms with van der Waals surface area (Å²) in [6.45, 7) is 7.93. The maximum atomic E-state index is 13.9. The van der Waals surface area contributed by atoms with Crippen LogP contribution in [0.1, 0.15) is 5.56 Å². The van der Waals surface area contributed by atoms with Gasteiger partial charge in [-0.3, -0.25) is 4.79 Å². The molecule has 2 aliphatic heterocycles. The second-order valence-corrected chi connectivity index (χ2v) is 8.29. The van der Waals surface area contributed by atoms with Crippen molar-refractivity contribution in [1.82, 2.24) is 4.90 Å². The lowest BCUT2D eigenvalue weighted by atomic mass is 10.2. The van der Waals surface area contributed by atoms with Gasteiger partial charge in [0.1, 0.15) is 18.2 Å². The van der Waals surface area contributed by atoms with E-state index in [-0.39, 0.29) is 17.5 Å². The van der Waals surface area contributed by atoms with E-state index in [2.05, 4.69) is 4.90 Å². The van der Waals surface area contributed by atoms with Crippen molar-refractivity contribution in [2.75, 3.05) is 63.8 Å². The van der Waals surface area contributed by atoms with E-state index in [9.17, 15) is 13.6 Å². The van der Waals surface area contributed by atoms with Gasteiger partial charge >= 0.3 is 0 Å². The number of nitrogens with one attached hydrogen (secondary N) is 2. The number of halogens is 2. The molecule has 1 amide bonds. The van der Waals surface area contributed by atoms with E-state index in [1.54, 1.807) is 6.07 Å². The number of carbonyl (C=O) groups excluding carboxylic acids is 1. The standard InChI is InChI=1S/C23H28F2N4O/c24-20-5-7-21(8-6-20)28-13-9-27(10-14-28)18-23(30)29-15-11-26(12-16-29)17-19-3-1-2-4-22(19)25/h1-8H,9-18H2/p+2. The Morgan fingerprint density at radius 1 is 0.833 bits per heavy atom. The Kier molecular flexibility index (Phi) is 6.59. The van der Waals surface area contributed by atoms with Crippen LogP contribution < -0.4 is 14.7 Å². The lowest BCUT2D eigenvalue weighted by molar-refractivity contribution is -0.918. The summed E-state index contributed by atoms with van der Waals surface area (Å²) in [7, 11) is 0. The quantitative estimate of drug-likeness (QED) is 0.695. The zero-order valence-electron chi connectivity index (χ0n) is 17.2. The molecule has 5 nitrogen and oxygen atoms in total. The van der Waals surface area contributed by atoms with Crippen molar-refractivity contribution in [3.05, 3.63) is 65.7 Å². The largest absolute Gasteiger partial charge is 0.360 e. The molecule has 0 aliphatic carbocycles. The van der Waals surface area contributed by atoms with Crippen molar-refractivity contribution in [3.8, 4) is 0 Å². The number of carbonyl (C=O) groups is 1. The Hall–Kier alpha value is -2.51. The van der Waals surface area contributed by atoms with Crippen molar-refractivity contribution >= 4 is 11.6 Å². The van der Waals surface area contributed by atoms with Gasteiger partial charge in [0.05, 0.1) is 52.4 Å². The third kappa shape index (κ3) is 5.15. The molecule has 2 fully saturated rings. The van der Waals surface area contributed by atoms with E-state index in [1.165, 1.54) is 28.0 Å². The molecule has 0 aromatic heterocycles. The van der Waals surface area contributed by atoms with Crippen LogP contribution in [0.5, 0.6) is 0 Å². The van der Waals surface area contributed by atoms with Gasteiger partial charge in [0.25, 0.3) is 5.91 Å².